The van der Waals surface area contributed by atoms with Gasteiger partial charge in [0, 0.05) is 11.3 Å². The lowest BCUT2D eigenvalue weighted by molar-refractivity contribution is 0.912. The Hall–Kier alpha value is -2.67. The lowest BCUT2D eigenvalue weighted by Crippen LogP contribution is -1.98. The molecule has 0 unspecified atom stereocenters. The number of aromatic nitrogens is 3. The van der Waals surface area contributed by atoms with Crippen molar-refractivity contribution in [3.63, 3.8) is 0 Å². The lowest BCUT2D eigenvalue weighted by Gasteiger charge is -2.02. The Labute approximate surface area is 111 Å². The van der Waals surface area contributed by atoms with Gasteiger partial charge in [0.15, 0.2) is 11.5 Å². The summed E-state index contributed by atoms with van der Waals surface area (Å²) in [6.07, 6.45) is 0. The average molecular weight is 248 g/mol. The minimum atomic E-state index is 0.584. The standard InChI is InChI=1S/C15H12N4/c1-10-8-11(2)19-15(13(10)9-16)17-14(18-19)12-6-4-3-5-7-12/h3-8H,1-2H3. The van der Waals surface area contributed by atoms with Crippen LogP contribution in [0.1, 0.15) is 16.8 Å². The summed E-state index contributed by atoms with van der Waals surface area (Å²) in [5.41, 5.74) is 4.06. The van der Waals surface area contributed by atoms with E-state index >= 15 is 0 Å². The summed E-state index contributed by atoms with van der Waals surface area (Å²) in [5.74, 6) is 0.644. The van der Waals surface area contributed by atoms with Crippen LogP contribution in [-0.4, -0.2) is 14.6 Å². The van der Waals surface area contributed by atoms with E-state index in [0.717, 1.165) is 16.8 Å². The van der Waals surface area contributed by atoms with Gasteiger partial charge in [0.05, 0.1) is 5.56 Å². The normalized spacial score (nSPS) is 10.6. The van der Waals surface area contributed by atoms with Crippen molar-refractivity contribution >= 4 is 5.65 Å². The number of nitriles is 1. The third kappa shape index (κ3) is 1.76. The van der Waals surface area contributed by atoms with Gasteiger partial charge in [-0.1, -0.05) is 30.3 Å². The minimum absolute atomic E-state index is 0.584. The molecule has 3 aromatic rings. The molecule has 0 fully saturated rings. The number of aryl methyl sites for hydroxylation is 2. The van der Waals surface area contributed by atoms with E-state index < -0.39 is 0 Å². The molecule has 3 rings (SSSR count). The van der Waals surface area contributed by atoms with E-state index in [2.05, 4.69) is 16.2 Å². The molecule has 0 radical (unpaired) electrons. The first-order valence-electron chi connectivity index (χ1n) is 6.03. The van der Waals surface area contributed by atoms with Gasteiger partial charge < -0.3 is 0 Å². The van der Waals surface area contributed by atoms with Crippen molar-refractivity contribution in [2.45, 2.75) is 13.8 Å². The number of hydrogen-bond acceptors (Lipinski definition) is 3. The van der Waals surface area contributed by atoms with Crippen LogP contribution in [0.25, 0.3) is 17.0 Å². The molecule has 0 saturated carbocycles. The molecule has 2 aromatic heterocycles. The van der Waals surface area contributed by atoms with Crippen LogP contribution in [0.5, 0.6) is 0 Å². The van der Waals surface area contributed by atoms with E-state index in [1.165, 1.54) is 0 Å². The van der Waals surface area contributed by atoms with Crippen molar-refractivity contribution in [3.8, 4) is 17.5 Å². The molecule has 0 spiro atoms. The Morgan fingerprint density at radius 3 is 2.58 bits per heavy atom. The molecule has 0 bridgehead atoms. The summed E-state index contributed by atoms with van der Waals surface area (Å²) in [6.45, 7) is 3.88. The van der Waals surface area contributed by atoms with Crippen LogP contribution in [0, 0.1) is 25.2 Å². The van der Waals surface area contributed by atoms with Gasteiger partial charge in [0.1, 0.15) is 6.07 Å². The van der Waals surface area contributed by atoms with Gasteiger partial charge >= 0.3 is 0 Å². The Bertz CT molecular complexity index is 794. The Balaban J connectivity index is 2.33. The van der Waals surface area contributed by atoms with Gasteiger partial charge in [-0.05, 0) is 25.5 Å². The molecule has 19 heavy (non-hydrogen) atoms. The molecule has 1 aromatic carbocycles. The number of nitrogens with zero attached hydrogens (tertiary/aromatic N) is 4. The third-order valence-electron chi connectivity index (χ3n) is 3.13. The van der Waals surface area contributed by atoms with Crippen LogP contribution in [0.15, 0.2) is 36.4 Å². The first-order chi connectivity index (χ1) is 9.20. The van der Waals surface area contributed by atoms with Gasteiger partial charge in [-0.3, -0.25) is 0 Å². The smallest absolute Gasteiger partial charge is 0.182 e. The molecule has 2 heterocycles. The molecule has 4 heteroatoms. The number of fused-ring (bicyclic) bond motifs is 1. The zero-order valence-corrected chi connectivity index (χ0v) is 10.8. The zero-order valence-electron chi connectivity index (χ0n) is 10.8. The second kappa shape index (κ2) is 4.21. The fourth-order valence-corrected chi connectivity index (χ4v) is 2.19. The van der Waals surface area contributed by atoms with Crippen molar-refractivity contribution in [2.75, 3.05) is 0 Å². The van der Waals surface area contributed by atoms with Gasteiger partial charge in [0.25, 0.3) is 0 Å². The molecule has 0 amide bonds. The molecule has 0 atom stereocenters. The number of rotatable bonds is 1. The Kier molecular flexibility index (Phi) is 2.53. The number of hydrogen-bond donors (Lipinski definition) is 0. The zero-order chi connectivity index (χ0) is 13.4. The summed E-state index contributed by atoms with van der Waals surface area (Å²) >= 11 is 0. The lowest BCUT2D eigenvalue weighted by atomic mass is 10.1. The molecule has 0 aliphatic carbocycles. The first-order valence-corrected chi connectivity index (χ1v) is 6.03. The molecule has 0 aliphatic rings. The topological polar surface area (TPSA) is 54.0 Å². The van der Waals surface area contributed by atoms with Gasteiger partial charge in [0.2, 0.25) is 0 Å². The fourth-order valence-electron chi connectivity index (χ4n) is 2.19. The van der Waals surface area contributed by atoms with Crippen LogP contribution in [-0.2, 0) is 0 Å². The summed E-state index contributed by atoms with van der Waals surface area (Å²) in [4.78, 5) is 4.50. The monoisotopic (exact) mass is 248 g/mol. The molecule has 0 N–H and O–H groups in total. The average Bonchev–Trinajstić information content (AvgIpc) is 2.85. The van der Waals surface area contributed by atoms with Gasteiger partial charge in [-0.25, -0.2) is 9.50 Å². The number of benzene rings is 1. The summed E-state index contributed by atoms with van der Waals surface area (Å²) in [7, 11) is 0. The number of pyridine rings is 1. The molecular formula is C15H12N4. The van der Waals surface area contributed by atoms with E-state index in [-0.39, 0.29) is 0 Å². The van der Waals surface area contributed by atoms with Crippen LogP contribution >= 0.6 is 0 Å². The highest BCUT2D eigenvalue weighted by Crippen LogP contribution is 2.20. The van der Waals surface area contributed by atoms with E-state index in [9.17, 15) is 5.26 Å². The van der Waals surface area contributed by atoms with Gasteiger partial charge in [-0.15, -0.1) is 5.10 Å². The second-order valence-electron chi connectivity index (χ2n) is 4.49. The third-order valence-corrected chi connectivity index (χ3v) is 3.13. The molecule has 4 nitrogen and oxygen atoms in total. The maximum absolute atomic E-state index is 9.26. The predicted molar refractivity (Wildman–Crippen MR) is 72.6 cm³/mol. The van der Waals surface area contributed by atoms with Crippen molar-refractivity contribution < 1.29 is 0 Å². The summed E-state index contributed by atoms with van der Waals surface area (Å²) in [5, 5.41) is 13.7. The van der Waals surface area contributed by atoms with E-state index in [1.807, 2.05) is 50.2 Å². The molecule has 92 valence electrons. The molecule has 0 aliphatic heterocycles. The Morgan fingerprint density at radius 2 is 1.89 bits per heavy atom. The highest BCUT2D eigenvalue weighted by Gasteiger charge is 2.13. The quantitative estimate of drug-likeness (QED) is 0.665. The minimum Gasteiger partial charge on any atom is -0.216 e. The van der Waals surface area contributed by atoms with Crippen LogP contribution in [0.3, 0.4) is 0 Å². The highest BCUT2D eigenvalue weighted by molar-refractivity contribution is 5.64. The summed E-state index contributed by atoms with van der Waals surface area (Å²) in [6, 6.07) is 13.9. The van der Waals surface area contributed by atoms with Crippen LogP contribution in [0.2, 0.25) is 0 Å². The predicted octanol–water partition coefficient (Wildman–Crippen LogP) is 2.88. The highest BCUT2D eigenvalue weighted by atomic mass is 15.3. The molecular weight excluding hydrogens is 236 g/mol. The second-order valence-corrected chi connectivity index (χ2v) is 4.49. The van der Waals surface area contributed by atoms with Crippen LogP contribution < -0.4 is 0 Å². The first kappa shape index (κ1) is 11.4. The van der Waals surface area contributed by atoms with Crippen molar-refractivity contribution in [2.24, 2.45) is 0 Å². The van der Waals surface area contributed by atoms with Crippen molar-refractivity contribution in [1.82, 2.24) is 14.6 Å². The van der Waals surface area contributed by atoms with E-state index in [1.54, 1.807) is 4.52 Å². The van der Waals surface area contributed by atoms with E-state index in [4.69, 9.17) is 0 Å². The van der Waals surface area contributed by atoms with Crippen LogP contribution in [0.4, 0.5) is 0 Å². The SMILES string of the molecule is Cc1cc(C)n2nc(-c3ccccc3)nc2c1C#N. The van der Waals surface area contributed by atoms with Crippen molar-refractivity contribution in [1.29, 1.82) is 5.26 Å². The maximum atomic E-state index is 9.26. The summed E-state index contributed by atoms with van der Waals surface area (Å²) < 4.78 is 1.73. The molecule has 0 saturated heterocycles. The maximum Gasteiger partial charge on any atom is 0.182 e. The Morgan fingerprint density at radius 1 is 1.16 bits per heavy atom. The van der Waals surface area contributed by atoms with Gasteiger partial charge in [-0.2, -0.15) is 5.26 Å². The van der Waals surface area contributed by atoms with Crippen molar-refractivity contribution in [3.05, 3.63) is 53.2 Å². The fraction of sp³-hybridized carbons (Fsp3) is 0.133. The van der Waals surface area contributed by atoms with E-state index in [0.29, 0.717) is 17.0 Å². The largest absolute Gasteiger partial charge is 0.216 e.